The van der Waals surface area contributed by atoms with Gasteiger partial charge in [-0.05, 0) is 29.8 Å². The Morgan fingerprint density at radius 3 is 2.76 bits per heavy atom. The topological polar surface area (TPSA) is 43.4 Å². The first-order valence-corrected chi connectivity index (χ1v) is 7.34. The van der Waals surface area contributed by atoms with E-state index in [2.05, 4.69) is 22.4 Å². The van der Waals surface area contributed by atoms with Gasteiger partial charge in [0.2, 0.25) is 0 Å². The average molecular weight is 284 g/mol. The molecule has 1 fully saturated rings. The molecule has 4 heteroatoms. The largest absolute Gasteiger partial charge is 0.488 e. The van der Waals surface area contributed by atoms with Crippen LogP contribution < -0.4 is 10.1 Å². The Labute approximate surface area is 125 Å². The van der Waals surface area contributed by atoms with Gasteiger partial charge in [-0.25, -0.2) is 0 Å². The van der Waals surface area contributed by atoms with E-state index in [9.17, 15) is 0 Å². The number of hydrogen-bond acceptors (Lipinski definition) is 4. The highest BCUT2D eigenvalue weighted by molar-refractivity contribution is 5.27. The third kappa shape index (κ3) is 4.28. The molecule has 1 aliphatic heterocycles. The molecule has 2 heterocycles. The summed E-state index contributed by atoms with van der Waals surface area (Å²) in [4.78, 5) is 4.29. The normalized spacial score (nSPS) is 17.8. The second-order valence-corrected chi connectivity index (χ2v) is 5.17. The predicted molar refractivity (Wildman–Crippen MR) is 81.1 cm³/mol. The molecular weight excluding hydrogens is 264 g/mol. The maximum atomic E-state index is 5.85. The maximum Gasteiger partial charge on any atom is 0.124 e. The van der Waals surface area contributed by atoms with Crippen molar-refractivity contribution in [3.05, 3.63) is 59.9 Å². The molecule has 1 aromatic heterocycles. The second kappa shape index (κ2) is 7.20. The van der Waals surface area contributed by atoms with Gasteiger partial charge in [-0.1, -0.05) is 18.2 Å². The Morgan fingerprint density at radius 2 is 2.05 bits per heavy atom. The van der Waals surface area contributed by atoms with Crippen molar-refractivity contribution in [2.45, 2.75) is 25.6 Å². The van der Waals surface area contributed by atoms with Crippen LogP contribution in [0, 0.1) is 0 Å². The van der Waals surface area contributed by atoms with E-state index >= 15 is 0 Å². The predicted octanol–water partition coefficient (Wildman–Crippen LogP) is 2.54. The molecule has 0 spiro atoms. The summed E-state index contributed by atoms with van der Waals surface area (Å²) in [5.74, 6) is 0.916. The van der Waals surface area contributed by atoms with Crippen molar-refractivity contribution >= 4 is 0 Å². The summed E-state index contributed by atoms with van der Waals surface area (Å²) in [6.45, 7) is 3.11. The molecule has 1 atom stereocenters. The SMILES string of the molecule is c1ccc(CNCc2ccc(O[C@@H]3CCOC3)cc2)nc1. The van der Waals surface area contributed by atoms with Crippen molar-refractivity contribution in [1.82, 2.24) is 10.3 Å². The van der Waals surface area contributed by atoms with Gasteiger partial charge in [-0.3, -0.25) is 4.98 Å². The van der Waals surface area contributed by atoms with Gasteiger partial charge in [0.25, 0.3) is 0 Å². The minimum Gasteiger partial charge on any atom is -0.488 e. The molecular formula is C17H20N2O2. The fourth-order valence-corrected chi connectivity index (χ4v) is 2.32. The lowest BCUT2D eigenvalue weighted by Gasteiger charge is -2.12. The molecule has 0 radical (unpaired) electrons. The summed E-state index contributed by atoms with van der Waals surface area (Å²) in [7, 11) is 0. The van der Waals surface area contributed by atoms with E-state index in [1.54, 1.807) is 0 Å². The lowest BCUT2D eigenvalue weighted by Crippen LogP contribution is -2.16. The molecule has 1 aromatic carbocycles. The van der Waals surface area contributed by atoms with Crippen molar-refractivity contribution < 1.29 is 9.47 Å². The van der Waals surface area contributed by atoms with Crippen molar-refractivity contribution in [2.75, 3.05) is 13.2 Å². The van der Waals surface area contributed by atoms with Crippen molar-refractivity contribution in [3.63, 3.8) is 0 Å². The third-order valence-corrected chi connectivity index (χ3v) is 3.48. The van der Waals surface area contributed by atoms with E-state index in [1.165, 1.54) is 5.56 Å². The molecule has 4 nitrogen and oxygen atoms in total. The Balaban J connectivity index is 1.45. The summed E-state index contributed by atoms with van der Waals surface area (Å²) in [6.07, 6.45) is 3.00. The summed E-state index contributed by atoms with van der Waals surface area (Å²) < 4.78 is 11.2. The number of benzene rings is 1. The van der Waals surface area contributed by atoms with Gasteiger partial charge in [0, 0.05) is 25.7 Å². The Hall–Kier alpha value is -1.91. The number of pyridine rings is 1. The zero-order valence-corrected chi connectivity index (χ0v) is 12.0. The Kier molecular flexibility index (Phi) is 4.82. The monoisotopic (exact) mass is 284 g/mol. The minimum absolute atomic E-state index is 0.207. The summed E-state index contributed by atoms with van der Waals surface area (Å²) in [6, 6.07) is 14.2. The van der Waals surface area contributed by atoms with E-state index in [0.717, 1.165) is 37.6 Å². The molecule has 1 aliphatic rings. The van der Waals surface area contributed by atoms with Gasteiger partial charge in [0.05, 0.1) is 18.9 Å². The fourth-order valence-electron chi connectivity index (χ4n) is 2.32. The van der Waals surface area contributed by atoms with E-state index in [1.807, 2.05) is 36.5 Å². The van der Waals surface area contributed by atoms with Crippen LogP contribution in [0.1, 0.15) is 17.7 Å². The molecule has 110 valence electrons. The second-order valence-electron chi connectivity index (χ2n) is 5.17. The van der Waals surface area contributed by atoms with Crippen LogP contribution in [-0.4, -0.2) is 24.3 Å². The van der Waals surface area contributed by atoms with Crippen molar-refractivity contribution in [3.8, 4) is 5.75 Å². The molecule has 0 aliphatic carbocycles. The zero-order valence-electron chi connectivity index (χ0n) is 12.0. The van der Waals surface area contributed by atoms with Gasteiger partial charge < -0.3 is 14.8 Å². The quantitative estimate of drug-likeness (QED) is 0.885. The highest BCUT2D eigenvalue weighted by atomic mass is 16.5. The molecule has 0 saturated carbocycles. The smallest absolute Gasteiger partial charge is 0.124 e. The third-order valence-electron chi connectivity index (χ3n) is 3.48. The first-order chi connectivity index (χ1) is 10.4. The van der Waals surface area contributed by atoms with Gasteiger partial charge in [0.15, 0.2) is 0 Å². The Morgan fingerprint density at radius 1 is 1.14 bits per heavy atom. The molecule has 2 aromatic rings. The molecule has 0 unspecified atom stereocenters. The fraction of sp³-hybridized carbons (Fsp3) is 0.353. The van der Waals surface area contributed by atoms with Crippen LogP contribution in [0.25, 0.3) is 0 Å². The van der Waals surface area contributed by atoms with E-state index < -0.39 is 0 Å². The highest BCUT2D eigenvalue weighted by Crippen LogP contribution is 2.17. The minimum atomic E-state index is 0.207. The van der Waals surface area contributed by atoms with Gasteiger partial charge in [-0.15, -0.1) is 0 Å². The Bertz CT molecular complexity index is 536. The standard InChI is InChI=1S/C17H20N2O2/c1-2-9-19-15(3-1)12-18-11-14-4-6-16(7-5-14)21-17-8-10-20-13-17/h1-7,9,17-18H,8,10-13H2/t17-/m1/s1. The maximum absolute atomic E-state index is 5.85. The lowest BCUT2D eigenvalue weighted by molar-refractivity contribution is 0.141. The van der Waals surface area contributed by atoms with Crippen LogP contribution >= 0.6 is 0 Å². The van der Waals surface area contributed by atoms with Crippen LogP contribution in [0.2, 0.25) is 0 Å². The highest BCUT2D eigenvalue weighted by Gasteiger charge is 2.16. The van der Waals surface area contributed by atoms with Crippen LogP contribution in [0.15, 0.2) is 48.7 Å². The first kappa shape index (κ1) is 14.0. The van der Waals surface area contributed by atoms with E-state index in [4.69, 9.17) is 9.47 Å². The van der Waals surface area contributed by atoms with Crippen molar-refractivity contribution in [2.24, 2.45) is 0 Å². The summed E-state index contributed by atoms with van der Waals surface area (Å²) >= 11 is 0. The van der Waals surface area contributed by atoms with Gasteiger partial charge in [-0.2, -0.15) is 0 Å². The van der Waals surface area contributed by atoms with Gasteiger partial charge >= 0.3 is 0 Å². The number of hydrogen-bond donors (Lipinski definition) is 1. The van der Waals surface area contributed by atoms with Crippen LogP contribution in [-0.2, 0) is 17.8 Å². The van der Waals surface area contributed by atoms with Crippen LogP contribution in [0.5, 0.6) is 5.75 Å². The number of rotatable bonds is 6. The number of nitrogens with zero attached hydrogens (tertiary/aromatic N) is 1. The van der Waals surface area contributed by atoms with Crippen LogP contribution in [0.4, 0.5) is 0 Å². The van der Waals surface area contributed by atoms with Crippen molar-refractivity contribution in [1.29, 1.82) is 0 Å². The molecule has 0 amide bonds. The number of ether oxygens (including phenoxy) is 2. The zero-order chi connectivity index (χ0) is 14.3. The average Bonchev–Trinajstić information content (AvgIpc) is 3.03. The molecule has 1 saturated heterocycles. The van der Waals surface area contributed by atoms with Gasteiger partial charge in [0.1, 0.15) is 11.9 Å². The summed E-state index contributed by atoms with van der Waals surface area (Å²) in [5, 5.41) is 3.39. The first-order valence-electron chi connectivity index (χ1n) is 7.34. The summed E-state index contributed by atoms with van der Waals surface area (Å²) in [5.41, 5.74) is 2.29. The number of nitrogens with one attached hydrogen (secondary N) is 1. The molecule has 0 bridgehead atoms. The van der Waals surface area contributed by atoms with Crippen LogP contribution in [0.3, 0.4) is 0 Å². The van der Waals surface area contributed by atoms with E-state index in [-0.39, 0.29) is 6.10 Å². The lowest BCUT2D eigenvalue weighted by atomic mass is 10.2. The molecule has 3 rings (SSSR count). The number of aromatic nitrogens is 1. The van der Waals surface area contributed by atoms with E-state index in [0.29, 0.717) is 6.61 Å². The molecule has 1 N–H and O–H groups in total. The molecule has 21 heavy (non-hydrogen) atoms.